The van der Waals surface area contributed by atoms with Gasteiger partial charge in [0.25, 0.3) is 0 Å². The first-order valence-corrected chi connectivity index (χ1v) is 7.07. The molecule has 0 aromatic carbocycles. The van der Waals surface area contributed by atoms with E-state index in [1.165, 1.54) is 11.3 Å². The van der Waals surface area contributed by atoms with E-state index in [4.69, 9.17) is 0 Å². The number of hydrogen-bond donors (Lipinski definition) is 1. The Morgan fingerprint density at radius 1 is 1.64 bits per heavy atom. The summed E-state index contributed by atoms with van der Waals surface area (Å²) in [4.78, 5) is 4.70. The second kappa shape index (κ2) is 3.96. The summed E-state index contributed by atoms with van der Waals surface area (Å²) in [6.07, 6.45) is 2.37. The summed E-state index contributed by atoms with van der Waals surface area (Å²) in [5.74, 6) is 0.143. The van der Waals surface area contributed by atoms with E-state index < -0.39 is 9.84 Å². The molecule has 78 valence electrons. The first kappa shape index (κ1) is 10.1. The molecule has 0 unspecified atom stereocenters. The van der Waals surface area contributed by atoms with E-state index in [1.54, 1.807) is 11.7 Å². The number of aromatic nitrogens is 1. The largest absolute Gasteiger partial charge is 0.315 e. The van der Waals surface area contributed by atoms with Gasteiger partial charge in [0.15, 0.2) is 9.84 Å². The van der Waals surface area contributed by atoms with Crippen LogP contribution in [0.4, 0.5) is 0 Å². The van der Waals surface area contributed by atoms with Crippen molar-refractivity contribution in [3.05, 3.63) is 16.6 Å². The van der Waals surface area contributed by atoms with Crippen LogP contribution >= 0.6 is 11.3 Å². The van der Waals surface area contributed by atoms with Gasteiger partial charge < -0.3 is 5.32 Å². The lowest BCUT2D eigenvalue weighted by Crippen LogP contribution is -2.24. The first-order valence-electron chi connectivity index (χ1n) is 4.48. The second-order valence-electron chi connectivity index (χ2n) is 3.39. The smallest absolute Gasteiger partial charge is 0.159 e. The minimum Gasteiger partial charge on any atom is -0.315 e. The average Bonchev–Trinajstić information content (AvgIpc) is 2.71. The molecule has 0 saturated carbocycles. The van der Waals surface area contributed by atoms with Crippen LogP contribution in [0.15, 0.2) is 11.7 Å². The van der Waals surface area contributed by atoms with Gasteiger partial charge in [-0.2, -0.15) is 0 Å². The van der Waals surface area contributed by atoms with Gasteiger partial charge in [-0.3, -0.25) is 4.98 Å². The van der Waals surface area contributed by atoms with Crippen LogP contribution in [0.3, 0.4) is 0 Å². The summed E-state index contributed by atoms with van der Waals surface area (Å²) in [5, 5.41) is 2.86. The lowest BCUT2D eigenvalue weighted by molar-refractivity contribution is 0.582. The van der Waals surface area contributed by atoms with Crippen LogP contribution in [-0.2, 0) is 15.6 Å². The summed E-state index contributed by atoms with van der Waals surface area (Å²) in [7, 11) is -2.98. The van der Waals surface area contributed by atoms with Crippen molar-refractivity contribution < 1.29 is 8.42 Å². The van der Waals surface area contributed by atoms with Crippen molar-refractivity contribution in [3.63, 3.8) is 0 Å². The van der Waals surface area contributed by atoms with Crippen molar-refractivity contribution in [2.45, 2.75) is 17.4 Å². The predicted octanol–water partition coefficient (Wildman–Crippen LogP) is 0.420. The third-order valence-corrected chi connectivity index (χ3v) is 5.44. The highest BCUT2D eigenvalue weighted by molar-refractivity contribution is 7.91. The molecule has 1 N–H and O–H groups in total. The van der Waals surface area contributed by atoms with Crippen LogP contribution in [0.25, 0.3) is 0 Å². The molecule has 0 aliphatic carbocycles. The van der Waals surface area contributed by atoms with Crippen molar-refractivity contribution >= 4 is 21.2 Å². The fraction of sp³-hybridized carbons (Fsp3) is 0.625. The predicted molar refractivity (Wildman–Crippen MR) is 56.0 cm³/mol. The maximum atomic E-state index is 11.8. The molecule has 0 radical (unpaired) electrons. The van der Waals surface area contributed by atoms with Gasteiger partial charge in [-0.15, -0.1) is 11.3 Å². The molecule has 1 fully saturated rings. The van der Waals surface area contributed by atoms with Gasteiger partial charge in [0, 0.05) is 17.6 Å². The van der Waals surface area contributed by atoms with Gasteiger partial charge >= 0.3 is 0 Å². The Morgan fingerprint density at radius 2 is 2.50 bits per heavy atom. The standard InChI is InChI=1S/C8H12N2O2S2/c11-14(12,8-1-2-9-4-8)5-7-3-10-6-13-7/h3,6,8-9H,1-2,4-5H2/t8-/m1/s1. The monoisotopic (exact) mass is 232 g/mol. The quantitative estimate of drug-likeness (QED) is 0.820. The molecular weight excluding hydrogens is 220 g/mol. The maximum Gasteiger partial charge on any atom is 0.159 e. The molecule has 6 heteroatoms. The molecule has 14 heavy (non-hydrogen) atoms. The summed E-state index contributed by atoms with van der Waals surface area (Å²) in [6.45, 7) is 1.41. The minimum atomic E-state index is -2.98. The zero-order valence-electron chi connectivity index (χ0n) is 7.64. The number of thiazole rings is 1. The van der Waals surface area contributed by atoms with Crippen molar-refractivity contribution in [2.24, 2.45) is 0 Å². The molecule has 1 aromatic rings. The second-order valence-corrected chi connectivity index (χ2v) is 6.64. The van der Waals surface area contributed by atoms with Gasteiger partial charge in [-0.1, -0.05) is 0 Å². The van der Waals surface area contributed by atoms with Crippen LogP contribution < -0.4 is 5.32 Å². The highest BCUT2D eigenvalue weighted by Gasteiger charge is 2.28. The summed E-state index contributed by atoms with van der Waals surface area (Å²) in [6, 6.07) is 0. The van der Waals surface area contributed by atoms with E-state index in [9.17, 15) is 8.42 Å². The van der Waals surface area contributed by atoms with Gasteiger partial charge in [0.1, 0.15) is 0 Å². The van der Waals surface area contributed by atoms with Gasteiger partial charge in [0.2, 0.25) is 0 Å². The number of hydrogen-bond acceptors (Lipinski definition) is 5. The Bertz CT molecular complexity index is 379. The van der Waals surface area contributed by atoms with E-state index in [2.05, 4.69) is 10.3 Å². The van der Waals surface area contributed by atoms with Crippen LogP contribution in [0, 0.1) is 0 Å². The molecule has 4 nitrogen and oxygen atoms in total. The van der Waals surface area contributed by atoms with E-state index >= 15 is 0 Å². The van der Waals surface area contributed by atoms with Crippen LogP contribution in [-0.4, -0.2) is 31.7 Å². The Kier molecular flexibility index (Phi) is 2.85. The lowest BCUT2D eigenvalue weighted by atomic mass is 10.4. The molecule has 0 bridgehead atoms. The minimum absolute atomic E-state index is 0.143. The molecule has 2 rings (SSSR count). The number of nitrogens with zero attached hydrogens (tertiary/aromatic N) is 1. The van der Waals surface area contributed by atoms with E-state index in [0.29, 0.717) is 6.54 Å². The molecule has 1 aliphatic heterocycles. The molecular formula is C8H12N2O2S2. The Morgan fingerprint density at radius 3 is 3.07 bits per heavy atom. The third-order valence-electron chi connectivity index (χ3n) is 2.35. The van der Waals surface area contributed by atoms with Gasteiger partial charge in [-0.25, -0.2) is 8.42 Å². The van der Waals surface area contributed by atoms with Gasteiger partial charge in [0.05, 0.1) is 16.5 Å². The summed E-state index contributed by atoms with van der Waals surface area (Å²) in [5.41, 5.74) is 1.66. The molecule has 0 amide bonds. The Hall–Kier alpha value is -0.460. The van der Waals surface area contributed by atoms with Crippen molar-refractivity contribution in [1.29, 1.82) is 0 Å². The van der Waals surface area contributed by atoms with E-state index in [0.717, 1.165) is 17.8 Å². The Balaban J connectivity index is 2.09. The van der Waals surface area contributed by atoms with E-state index in [1.807, 2.05) is 0 Å². The fourth-order valence-electron chi connectivity index (χ4n) is 1.56. The van der Waals surface area contributed by atoms with Crippen LogP contribution in [0.1, 0.15) is 11.3 Å². The summed E-state index contributed by atoms with van der Waals surface area (Å²) < 4.78 is 23.7. The topological polar surface area (TPSA) is 59.1 Å². The van der Waals surface area contributed by atoms with Crippen LogP contribution in [0.5, 0.6) is 0 Å². The van der Waals surface area contributed by atoms with Crippen LogP contribution in [0.2, 0.25) is 0 Å². The average molecular weight is 232 g/mol. The SMILES string of the molecule is O=S(=O)(Cc1cncs1)[C@@H]1CCNC1. The number of rotatable bonds is 3. The van der Waals surface area contributed by atoms with Crippen molar-refractivity contribution in [3.8, 4) is 0 Å². The highest BCUT2D eigenvalue weighted by atomic mass is 32.2. The lowest BCUT2D eigenvalue weighted by Gasteiger charge is -2.08. The first-order chi connectivity index (χ1) is 6.68. The zero-order valence-corrected chi connectivity index (χ0v) is 9.27. The fourth-order valence-corrected chi connectivity index (χ4v) is 4.26. The zero-order chi connectivity index (χ0) is 10.0. The molecule has 1 aliphatic rings. The molecule has 2 heterocycles. The normalized spacial score (nSPS) is 22.7. The molecule has 1 atom stereocenters. The van der Waals surface area contributed by atoms with Gasteiger partial charge in [-0.05, 0) is 13.0 Å². The van der Waals surface area contributed by atoms with E-state index in [-0.39, 0.29) is 11.0 Å². The molecule has 0 spiro atoms. The van der Waals surface area contributed by atoms with Crippen molar-refractivity contribution in [2.75, 3.05) is 13.1 Å². The Labute approximate surface area is 87.3 Å². The molecule has 1 aromatic heterocycles. The van der Waals surface area contributed by atoms with Crippen molar-refractivity contribution in [1.82, 2.24) is 10.3 Å². The third kappa shape index (κ3) is 2.13. The maximum absolute atomic E-state index is 11.8. The highest BCUT2D eigenvalue weighted by Crippen LogP contribution is 2.17. The summed E-state index contributed by atoms with van der Waals surface area (Å²) >= 11 is 1.40. The molecule has 1 saturated heterocycles. The number of sulfone groups is 1. The number of nitrogens with one attached hydrogen (secondary N) is 1.